The van der Waals surface area contributed by atoms with Gasteiger partial charge in [-0.15, -0.1) is 0 Å². The molecule has 8 heteroatoms. The fourth-order valence-corrected chi connectivity index (χ4v) is 7.87. The van der Waals surface area contributed by atoms with Crippen LogP contribution in [-0.2, 0) is 9.53 Å². The van der Waals surface area contributed by atoms with Crippen molar-refractivity contribution in [1.29, 1.82) is 0 Å². The van der Waals surface area contributed by atoms with Crippen molar-refractivity contribution in [3.05, 3.63) is 194 Å². The van der Waals surface area contributed by atoms with Crippen LogP contribution in [0, 0.1) is 0 Å². The summed E-state index contributed by atoms with van der Waals surface area (Å²) in [6, 6.07) is 49.1. The first-order valence-corrected chi connectivity index (χ1v) is 18.2. The Morgan fingerprint density at radius 3 is 1.96 bits per heavy atom. The fourth-order valence-electron chi connectivity index (χ4n) is 6.88. The van der Waals surface area contributed by atoms with E-state index in [-0.39, 0.29) is 12.2 Å². The first-order valence-electron chi connectivity index (χ1n) is 17.4. The monoisotopic (exact) mass is 713 g/mol. The summed E-state index contributed by atoms with van der Waals surface area (Å²) in [6.45, 7) is 1.95. The number of hydrogen-bond donors (Lipinski definition) is 0. The van der Waals surface area contributed by atoms with Crippen molar-refractivity contribution in [2.45, 2.75) is 13.0 Å². The zero-order valence-corrected chi connectivity index (χ0v) is 30.0. The maximum absolute atomic E-state index is 14.8. The number of fused-ring (bicyclic) bond motifs is 1. The quantitative estimate of drug-likeness (QED) is 0.142. The lowest BCUT2D eigenvalue weighted by atomic mass is 9.93. The van der Waals surface area contributed by atoms with Gasteiger partial charge in [-0.25, -0.2) is 9.79 Å². The smallest absolute Gasteiger partial charge is 0.338 e. The number of benzene rings is 5. The van der Waals surface area contributed by atoms with Crippen molar-refractivity contribution >= 4 is 29.1 Å². The average molecular weight is 714 g/mol. The summed E-state index contributed by atoms with van der Waals surface area (Å²) in [5.74, 6) is 0.140. The molecule has 0 fully saturated rings. The highest BCUT2D eigenvalue weighted by Crippen LogP contribution is 2.38. The van der Waals surface area contributed by atoms with Crippen LogP contribution in [0.5, 0.6) is 5.75 Å². The average Bonchev–Trinajstić information content (AvgIpc) is 3.75. The number of para-hydroxylation sites is 1. The largest absolute Gasteiger partial charge is 0.497 e. The first-order chi connectivity index (χ1) is 26.1. The van der Waals surface area contributed by atoms with E-state index in [4.69, 9.17) is 14.5 Å². The summed E-state index contributed by atoms with van der Waals surface area (Å²) < 4.78 is 15.5. The third-order valence-electron chi connectivity index (χ3n) is 9.25. The number of nitrogens with zero attached hydrogens (tertiary/aromatic N) is 3. The van der Waals surface area contributed by atoms with Gasteiger partial charge in [0.25, 0.3) is 5.56 Å². The van der Waals surface area contributed by atoms with Crippen molar-refractivity contribution in [3.63, 3.8) is 0 Å². The van der Waals surface area contributed by atoms with Crippen molar-refractivity contribution < 1.29 is 14.3 Å². The molecule has 3 heterocycles. The summed E-state index contributed by atoms with van der Waals surface area (Å²) in [7, 11) is 1.60. The van der Waals surface area contributed by atoms with Crippen molar-refractivity contribution in [3.8, 4) is 34.0 Å². The lowest BCUT2D eigenvalue weighted by Gasteiger charge is -2.26. The van der Waals surface area contributed by atoms with Crippen molar-refractivity contribution in [1.82, 2.24) is 9.13 Å². The van der Waals surface area contributed by atoms with E-state index >= 15 is 0 Å². The van der Waals surface area contributed by atoms with Gasteiger partial charge in [-0.05, 0) is 60.0 Å². The Morgan fingerprint density at radius 1 is 0.774 bits per heavy atom. The van der Waals surface area contributed by atoms with E-state index in [0.717, 1.165) is 44.9 Å². The molecule has 0 radical (unpaired) electrons. The Balaban J connectivity index is 1.42. The van der Waals surface area contributed by atoms with Gasteiger partial charge in [-0.3, -0.25) is 9.36 Å². The van der Waals surface area contributed by atoms with Crippen LogP contribution in [0.4, 0.5) is 0 Å². The number of methoxy groups -OCH3 is 1. The number of thiazole rings is 1. The Hall–Kier alpha value is -6.51. The van der Waals surface area contributed by atoms with E-state index in [2.05, 4.69) is 47.0 Å². The molecule has 8 rings (SSSR count). The van der Waals surface area contributed by atoms with Crippen LogP contribution in [0.1, 0.15) is 29.7 Å². The van der Waals surface area contributed by atoms with Gasteiger partial charge >= 0.3 is 5.97 Å². The molecule has 7 nitrogen and oxygen atoms in total. The van der Waals surface area contributed by atoms with E-state index in [1.54, 1.807) is 18.6 Å². The standard InChI is InChI=1S/C45H35N3O4S/c1-3-52-44(50)39-40(31-18-10-5-11-19-31)46-45-48(42(39)33-24-26-36(51-2)27-25-33)43(49)38(53-45)29-34-28-37(30-16-8-4-9-17-30)47(35-22-14-7-15-23-35)41(34)32-20-12-6-13-21-32/h4-29,42H,3H2,1-2H3/b38-29-/t42-/m1/s1. The molecule has 1 aliphatic heterocycles. The van der Waals surface area contributed by atoms with Gasteiger partial charge in [0.15, 0.2) is 4.80 Å². The van der Waals surface area contributed by atoms with Gasteiger partial charge in [0, 0.05) is 16.8 Å². The van der Waals surface area contributed by atoms with Crippen LogP contribution in [0.3, 0.4) is 0 Å². The Kier molecular flexibility index (Phi) is 9.27. The van der Waals surface area contributed by atoms with Gasteiger partial charge in [-0.2, -0.15) is 0 Å². The molecular weight excluding hydrogens is 679 g/mol. The molecule has 1 atom stereocenters. The predicted molar refractivity (Wildman–Crippen MR) is 211 cm³/mol. The summed E-state index contributed by atoms with van der Waals surface area (Å²) >= 11 is 1.31. The minimum atomic E-state index is -0.795. The number of hydrogen-bond acceptors (Lipinski definition) is 6. The van der Waals surface area contributed by atoms with E-state index in [1.807, 2.05) is 115 Å². The Morgan fingerprint density at radius 2 is 1.36 bits per heavy atom. The van der Waals surface area contributed by atoms with E-state index in [9.17, 15) is 9.59 Å². The second kappa shape index (κ2) is 14.6. The van der Waals surface area contributed by atoms with Crippen LogP contribution in [0.15, 0.2) is 167 Å². The lowest BCUT2D eigenvalue weighted by molar-refractivity contribution is -0.138. The highest BCUT2D eigenvalue weighted by atomic mass is 32.1. The van der Waals surface area contributed by atoms with Crippen LogP contribution in [0.2, 0.25) is 0 Å². The number of carbonyl (C=O) groups is 1. The maximum atomic E-state index is 14.8. The third kappa shape index (κ3) is 6.34. The second-order valence-corrected chi connectivity index (χ2v) is 13.5. The lowest BCUT2D eigenvalue weighted by Crippen LogP contribution is -2.40. The molecular formula is C45H35N3O4S. The molecule has 0 amide bonds. The highest BCUT2D eigenvalue weighted by molar-refractivity contribution is 7.07. The van der Waals surface area contributed by atoms with Gasteiger partial charge in [0.1, 0.15) is 5.75 Å². The maximum Gasteiger partial charge on any atom is 0.338 e. The minimum Gasteiger partial charge on any atom is -0.497 e. The van der Waals surface area contributed by atoms with E-state index < -0.39 is 12.0 Å². The summed E-state index contributed by atoms with van der Waals surface area (Å²) in [6.07, 6.45) is 1.96. The molecule has 5 aromatic carbocycles. The Bertz CT molecular complexity index is 2630. The van der Waals surface area contributed by atoms with Crippen LogP contribution in [-0.4, -0.2) is 28.8 Å². The number of esters is 1. The summed E-state index contributed by atoms with van der Waals surface area (Å²) in [5, 5.41) is 0. The highest BCUT2D eigenvalue weighted by Gasteiger charge is 2.35. The van der Waals surface area contributed by atoms with E-state index in [0.29, 0.717) is 26.4 Å². The molecule has 0 saturated carbocycles. The molecule has 0 spiro atoms. The molecule has 0 saturated heterocycles. The SMILES string of the molecule is CCOC(=O)C1=C(c2ccccc2)N=c2s/c(=C\c3cc(-c4ccccc4)n(-c4ccccc4)c3-c3ccccc3)c(=O)n2[C@@H]1c1ccc(OC)cc1. The molecule has 0 bridgehead atoms. The van der Waals surface area contributed by atoms with Gasteiger partial charge in [0.2, 0.25) is 0 Å². The van der Waals surface area contributed by atoms with Crippen LogP contribution in [0.25, 0.3) is 40.0 Å². The molecule has 7 aromatic rings. The summed E-state index contributed by atoms with van der Waals surface area (Å²) in [5.41, 5.74) is 7.86. The molecule has 0 unspecified atom stereocenters. The Labute approximate surface area is 310 Å². The van der Waals surface area contributed by atoms with Crippen molar-refractivity contribution in [2.24, 2.45) is 4.99 Å². The molecule has 260 valence electrons. The molecule has 2 aromatic heterocycles. The number of rotatable bonds is 9. The van der Waals surface area contributed by atoms with Crippen molar-refractivity contribution in [2.75, 3.05) is 13.7 Å². The second-order valence-electron chi connectivity index (χ2n) is 12.4. The first kappa shape index (κ1) is 33.6. The molecule has 53 heavy (non-hydrogen) atoms. The van der Waals surface area contributed by atoms with Crippen LogP contribution < -0.4 is 19.6 Å². The third-order valence-corrected chi connectivity index (χ3v) is 10.2. The molecule has 1 aliphatic rings. The van der Waals surface area contributed by atoms with Gasteiger partial charge in [-0.1, -0.05) is 133 Å². The summed E-state index contributed by atoms with van der Waals surface area (Å²) in [4.78, 5) is 34.3. The van der Waals surface area contributed by atoms with Crippen LogP contribution >= 0.6 is 11.3 Å². The minimum absolute atomic E-state index is 0.175. The van der Waals surface area contributed by atoms with Gasteiger partial charge in [0.05, 0.1) is 46.9 Å². The zero-order chi connectivity index (χ0) is 36.3. The predicted octanol–water partition coefficient (Wildman–Crippen LogP) is 8.07. The number of carbonyl (C=O) groups excluding carboxylic acids is 1. The molecule has 0 aliphatic carbocycles. The fraction of sp³-hybridized carbons (Fsp3) is 0.0889. The zero-order valence-electron chi connectivity index (χ0n) is 29.2. The molecule has 0 N–H and O–H groups in total. The topological polar surface area (TPSA) is 74.8 Å². The van der Waals surface area contributed by atoms with Gasteiger partial charge < -0.3 is 14.0 Å². The van der Waals surface area contributed by atoms with E-state index in [1.165, 1.54) is 11.3 Å². The number of ether oxygens (including phenoxy) is 2. The number of aromatic nitrogens is 2. The normalized spacial score (nSPS) is 14.1.